The Morgan fingerprint density at radius 1 is 0.938 bits per heavy atom. The summed E-state index contributed by atoms with van der Waals surface area (Å²) >= 11 is 12.1. The summed E-state index contributed by atoms with van der Waals surface area (Å²) in [5, 5.41) is 9.65. The first-order chi connectivity index (χ1) is 15.5. The largest absolute Gasteiger partial charge is 0.362 e. The van der Waals surface area contributed by atoms with Gasteiger partial charge in [-0.15, -0.1) is 0 Å². The van der Waals surface area contributed by atoms with E-state index in [9.17, 15) is 0 Å². The first kappa shape index (κ1) is 23.1. The van der Waals surface area contributed by atoms with Crippen LogP contribution in [0.3, 0.4) is 0 Å². The predicted molar refractivity (Wildman–Crippen MR) is 136 cm³/mol. The van der Waals surface area contributed by atoms with Gasteiger partial charge in [-0.05, 0) is 74.9 Å². The topological polar surface area (TPSA) is 53.1 Å². The maximum absolute atomic E-state index is 6.11. The van der Waals surface area contributed by atoms with Crippen molar-refractivity contribution in [3.05, 3.63) is 58.1 Å². The van der Waals surface area contributed by atoms with Crippen LogP contribution in [0.2, 0.25) is 10.0 Å². The van der Waals surface area contributed by atoms with Crippen molar-refractivity contribution in [2.45, 2.75) is 50.6 Å². The van der Waals surface area contributed by atoms with Crippen molar-refractivity contribution in [2.24, 2.45) is 0 Å². The van der Waals surface area contributed by atoms with Gasteiger partial charge < -0.3 is 15.5 Å². The Morgan fingerprint density at radius 2 is 1.69 bits per heavy atom. The van der Waals surface area contributed by atoms with Crippen LogP contribution in [0.25, 0.3) is 10.9 Å². The molecular weight excluding hydrogens is 441 g/mol. The van der Waals surface area contributed by atoms with Crippen LogP contribution in [0.1, 0.15) is 37.7 Å². The minimum absolute atomic E-state index is 0.417. The molecule has 1 aromatic heterocycles. The van der Waals surface area contributed by atoms with Crippen LogP contribution in [0.5, 0.6) is 0 Å². The monoisotopic (exact) mass is 471 g/mol. The highest BCUT2D eigenvalue weighted by molar-refractivity contribution is 6.42. The quantitative estimate of drug-likeness (QED) is 0.397. The zero-order valence-corrected chi connectivity index (χ0v) is 20.3. The average Bonchev–Trinajstić information content (AvgIpc) is 2.79. The van der Waals surface area contributed by atoms with Gasteiger partial charge in [0.15, 0.2) is 0 Å². The van der Waals surface area contributed by atoms with Crippen molar-refractivity contribution in [1.82, 2.24) is 15.3 Å². The van der Waals surface area contributed by atoms with E-state index in [1.54, 1.807) is 0 Å². The van der Waals surface area contributed by atoms with E-state index >= 15 is 0 Å². The van der Waals surface area contributed by atoms with Crippen molar-refractivity contribution < 1.29 is 0 Å². The fraction of sp³-hybridized carbons (Fsp3) is 0.440. The molecular formula is C25H31Cl2N5. The maximum atomic E-state index is 6.11. The Hall–Kier alpha value is -2.08. The van der Waals surface area contributed by atoms with E-state index in [0.29, 0.717) is 22.1 Å². The van der Waals surface area contributed by atoms with E-state index in [4.69, 9.17) is 33.2 Å². The third-order valence-corrected chi connectivity index (χ3v) is 6.87. The smallest absolute Gasteiger partial charge is 0.225 e. The number of fused-ring (bicyclic) bond motifs is 1. The summed E-state index contributed by atoms with van der Waals surface area (Å²) in [6, 6.07) is 15.1. The summed E-state index contributed by atoms with van der Waals surface area (Å²) in [5.41, 5.74) is 2.22. The predicted octanol–water partition coefficient (Wildman–Crippen LogP) is 5.95. The number of benzene rings is 2. The molecule has 0 atom stereocenters. The number of halogens is 2. The Labute approximate surface area is 200 Å². The van der Waals surface area contributed by atoms with Gasteiger partial charge in [0.2, 0.25) is 5.95 Å². The van der Waals surface area contributed by atoms with Gasteiger partial charge in [-0.3, -0.25) is 0 Å². The molecule has 32 heavy (non-hydrogen) atoms. The lowest BCUT2D eigenvalue weighted by molar-refractivity contribution is 0.352. The Kier molecular flexibility index (Phi) is 7.71. The highest BCUT2D eigenvalue weighted by Gasteiger charge is 2.22. The van der Waals surface area contributed by atoms with Crippen LogP contribution in [-0.2, 0) is 6.42 Å². The molecule has 1 heterocycles. The van der Waals surface area contributed by atoms with Gasteiger partial charge >= 0.3 is 0 Å². The molecule has 5 nitrogen and oxygen atoms in total. The zero-order valence-electron chi connectivity index (χ0n) is 18.7. The first-order valence-corrected chi connectivity index (χ1v) is 12.1. The molecule has 4 rings (SSSR count). The number of nitrogens with zero attached hydrogens (tertiary/aromatic N) is 3. The number of hydrogen-bond acceptors (Lipinski definition) is 5. The molecule has 7 heteroatoms. The van der Waals surface area contributed by atoms with Gasteiger partial charge in [-0.1, -0.05) is 41.4 Å². The maximum Gasteiger partial charge on any atom is 0.225 e. The van der Waals surface area contributed by atoms with Crippen LogP contribution in [0, 0.1) is 0 Å². The lowest BCUT2D eigenvalue weighted by Gasteiger charge is -2.30. The number of hydrogen-bond donors (Lipinski definition) is 2. The van der Waals surface area contributed by atoms with E-state index < -0.39 is 0 Å². The SMILES string of the molecule is CN(C)c1nc(N[C@H]2CC[C@@H](NCCCc3ccc(Cl)c(Cl)c3)CC2)nc2ccccc12. The normalized spacial score (nSPS) is 18.6. The molecule has 1 aliphatic rings. The minimum Gasteiger partial charge on any atom is -0.362 e. The lowest BCUT2D eigenvalue weighted by Crippen LogP contribution is -2.37. The molecule has 1 aliphatic carbocycles. The number of nitrogens with one attached hydrogen (secondary N) is 2. The highest BCUT2D eigenvalue weighted by Crippen LogP contribution is 2.26. The summed E-state index contributed by atoms with van der Waals surface area (Å²) in [7, 11) is 4.05. The van der Waals surface area contributed by atoms with Crippen molar-refractivity contribution in [3.8, 4) is 0 Å². The summed E-state index contributed by atoms with van der Waals surface area (Å²) in [5.74, 6) is 1.68. The van der Waals surface area contributed by atoms with Gasteiger partial charge in [0.25, 0.3) is 0 Å². The van der Waals surface area contributed by atoms with Gasteiger partial charge in [0.05, 0.1) is 15.6 Å². The van der Waals surface area contributed by atoms with Crippen LogP contribution in [0.15, 0.2) is 42.5 Å². The second kappa shape index (κ2) is 10.7. The molecule has 0 radical (unpaired) electrons. The van der Waals surface area contributed by atoms with Crippen LogP contribution in [0.4, 0.5) is 11.8 Å². The molecule has 0 saturated heterocycles. The van der Waals surface area contributed by atoms with Crippen LogP contribution < -0.4 is 15.5 Å². The summed E-state index contributed by atoms with van der Waals surface area (Å²) < 4.78 is 0. The number of para-hydroxylation sites is 1. The van der Waals surface area contributed by atoms with Gasteiger partial charge in [-0.25, -0.2) is 4.98 Å². The molecule has 0 aliphatic heterocycles. The minimum atomic E-state index is 0.417. The molecule has 3 aromatic rings. The number of aromatic nitrogens is 2. The van der Waals surface area contributed by atoms with Crippen molar-refractivity contribution >= 4 is 45.9 Å². The van der Waals surface area contributed by atoms with Crippen molar-refractivity contribution in [3.63, 3.8) is 0 Å². The van der Waals surface area contributed by atoms with Crippen LogP contribution in [-0.4, -0.2) is 42.7 Å². The second-order valence-corrected chi connectivity index (χ2v) is 9.60. The van der Waals surface area contributed by atoms with Crippen LogP contribution >= 0.6 is 23.2 Å². The molecule has 1 fully saturated rings. The molecule has 1 saturated carbocycles. The van der Waals surface area contributed by atoms with E-state index in [2.05, 4.69) is 22.8 Å². The lowest BCUT2D eigenvalue weighted by atomic mass is 9.91. The fourth-order valence-electron chi connectivity index (χ4n) is 4.38. The van der Waals surface area contributed by atoms with Gasteiger partial charge in [0.1, 0.15) is 5.82 Å². The Bertz CT molecular complexity index is 1050. The van der Waals surface area contributed by atoms with E-state index in [-0.39, 0.29) is 0 Å². The number of anilines is 2. The highest BCUT2D eigenvalue weighted by atomic mass is 35.5. The molecule has 170 valence electrons. The number of rotatable bonds is 8. The molecule has 0 bridgehead atoms. The fourth-order valence-corrected chi connectivity index (χ4v) is 4.70. The summed E-state index contributed by atoms with van der Waals surface area (Å²) in [4.78, 5) is 11.6. The van der Waals surface area contributed by atoms with E-state index in [1.165, 1.54) is 18.4 Å². The standard InChI is InChI=1S/C25H31Cl2N5/c1-32(2)24-20-7-3-4-8-23(20)30-25(31-24)29-19-12-10-18(11-13-19)28-15-5-6-17-9-14-21(26)22(27)16-17/h3-4,7-9,14,16,18-19,28H,5-6,10-13,15H2,1-2H3,(H,29,30,31)/t18-,19+. The van der Waals surface area contributed by atoms with Gasteiger partial charge in [-0.2, -0.15) is 4.98 Å². The average molecular weight is 472 g/mol. The Balaban J connectivity index is 1.24. The Morgan fingerprint density at radius 3 is 2.44 bits per heavy atom. The van der Waals surface area contributed by atoms with Gasteiger partial charge in [0, 0.05) is 31.6 Å². The van der Waals surface area contributed by atoms with Crippen molar-refractivity contribution in [2.75, 3.05) is 30.9 Å². The van der Waals surface area contributed by atoms with Crippen molar-refractivity contribution in [1.29, 1.82) is 0 Å². The first-order valence-electron chi connectivity index (χ1n) is 11.4. The molecule has 0 spiro atoms. The zero-order chi connectivity index (χ0) is 22.5. The molecule has 0 amide bonds. The molecule has 2 aromatic carbocycles. The third kappa shape index (κ3) is 5.83. The second-order valence-electron chi connectivity index (χ2n) is 8.78. The molecule has 2 N–H and O–H groups in total. The van der Waals surface area contributed by atoms with E-state index in [0.717, 1.165) is 54.9 Å². The third-order valence-electron chi connectivity index (χ3n) is 6.13. The molecule has 0 unspecified atom stereocenters. The number of aryl methyl sites for hydroxylation is 1. The summed E-state index contributed by atoms with van der Waals surface area (Å²) in [6.45, 7) is 1.02. The van der Waals surface area contributed by atoms with E-state index in [1.807, 2.05) is 49.3 Å². The summed E-state index contributed by atoms with van der Waals surface area (Å²) in [6.07, 6.45) is 6.68.